The van der Waals surface area contributed by atoms with Gasteiger partial charge in [-0.25, -0.2) is 0 Å². The van der Waals surface area contributed by atoms with Gasteiger partial charge in [0.2, 0.25) is 0 Å². The van der Waals surface area contributed by atoms with Gasteiger partial charge in [0.15, 0.2) is 0 Å². The molecule has 1 aliphatic heterocycles. The van der Waals surface area contributed by atoms with Crippen LogP contribution < -0.4 is 0 Å². The molecule has 4 atom stereocenters. The minimum Gasteiger partial charge on any atom is -0.391 e. The van der Waals surface area contributed by atoms with E-state index in [2.05, 4.69) is 46.4 Å². The van der Waals surface area contributed by atoms with Crippen molar-refractivity contribution < 1.29 is 5.11 Å². The van der Waals surface area contributed by atoms with E-state index < -0.39 is 0 Å². The van der Waals surface area contributed by atoms with Gasteiger partial charge in [-0.1, -0.05) is 48.0 Å². The van der Waals surface area contributed by atoms with Gasteiger partial charge in [-0.05, 0) is 54.9 Å². The predicted octanol–water partition coefficient (Wildman–Crippen LogP) is 4.32. The fourth-order valence-corrected chi connectivity index (χ4v) is 4.32. The molecule has 2 heteroatoms. The molecule has 2 aliphatic rings. The van der Waals surface area contributed by atoms with Crippen molar-refractivity contribution in [3.8, 4) is 0 Å². The molecule has 124 valence electrons. The van der Waals surface area contributed by atoms with E-state index in [0.717, 1.165) is 18.3 Å². The van der Waals surface area contributed by atoms with Crippen molar-refractivity contribution in [1.29, 1.82) is 0 Å². The lowest BCUT2D eigenvalue weighted by Gasteiger charge is -2.44. The van der Waals surface area contributed by atoms with Crippen molar-refractivity contribution in [1.82, 2.24) is 4.90 Å². The van der Waals surface area contributed by atoms with E-state index in [4.69, 9.17) is 0 Å². The van der Waals surface area contributed by atoms with Gasteiger partial charge in [0, 0.05) is 12.6 Å². The van der Waals surface area contributed by atoms with Gasteiger partial charge in [0.05, 0.1) is 6.10 Å². The van der Waals surface area contributed by atoms with E-state index >= 15 is 0 Å². The summed E-state index contributed by atoms with van der Waals surface area (Å²) >= 11 is 0. The topological polar surface area (TPSA) is 23.5 Å². The van der Waals surface area contributed by atoms with Crippen molar-refractivity contribution in [3.05, 3.63) is 0 Å². The molecule has 0 aromatic rings. The molecule has 0 amide bonds. The molecule has 0 spiro atoms. The van der Waals surface area contributed by atoms with Gasteiger partial charge in [0.25, 0.3) is 0 Å². The summed E-state index contributed by atoms with van der Waals surface area (Å²) in [4.78, 5) is 2.61. The zero-order chi connectivity index (χ0) is 15.8. The smallest absolute Gasteiger partial charge is 0.0695 e. The Morgan fingerprint density at radius 3 is 2.19 bits per heavy atom. The lowest BCUT2D eigenvalue weighted by atomic mass is 9.67. The van der Waals surface area contributed by atoms with Crippen LogP contribution in [0, 0.1) is 22.7 Å². The van der Waals surface area contributed by atoms with Crippen LogP contribution >= 0.6 is 0 Å². The average Bonchev–Trinajstić information content (AvgIpc) is 2.88. The van der Waals surface area contributed by atoms with Crippen LogP contribution in [0.2, 0.25) is 0 Å². The molecule has 1 aliphatic carbocycles. The van der Waals surface area contributed by atoms with E-state index in [1.54, 1.807) is 0 Å². The number of hydrogen-bond donors (Lipinski definition) is 1. The highest BCUT2D eigenvalue weighted by Crippen LogP contribution is 2.43. The summed E-state index contributed by atoms with van der Waals surface area (Å²) in [5.41, 5.74) is 0.817. The van der Waals surface area contributed by atoms with Gasteiger partial charge in [0.1, 0.15) is 0 Å². The van der Waals surface area contributed by atoms with Crippen LogP contribution in [0.5, 0.6) is 0 Å². The number of likely N-dealkylation sites (tertiary alicyclic amines) is 1. The van der Waals surface area contributed by atoms with E-state index in [1.165, 1.54) is 38.8 Å². The van der Waals surface area contributed by atoms with Crippen LogP contribution in [-0.2, 0) is 0 Å². The summed E-state index contributed by atoms with van der Waals surface area (Å²) < 4.78 is 0. The third kappa shape index (κ3) is 3.82. The molecule has 1 saturated heterocycles. The Bertz CT molecular complexity index is 344. The highest BCUT2D eigenvalue weighted by molar-refractivity contribution is 4.95. The molecule has 21 heavy (non-hydrogen) atoms. The first kappa shape index (κ1) is 17.3. The molecule has 0 aromatic carbocycles. The van der Waals surface area contributed by atoms with Crippen molar-refractivity contribution in [2.75, 3.05) is 13.1 Å². The number of nitrogens with zero attached hydrogens (tertiary/aromatic N) is 1. The molecule has 4 unspecified atom stereocenters. The fourth-order valence-electron chi connectivity index (χ4n) is 4.32. The molecular weight excluding hydrogens is 258 g/mol. The average molecular weight is 296 g/mol. The van der Waals surface area contributed by atoms with Gasteiger partial charge >= 0.3 is 0 Å². The highest BCUT2D eigenvalue weighted by Gasteiger charge is 2.42. The molecule has 1 saturated carbocycles. The van der Waals surface area contributed by atoms with Gasteiger partial charge < -0.3 is 5.11 Å². The van der Waals surface area contributed by atoms with Crippen molar-refractivity contribution in [2.24, 2.45) is 22.7 Å². The summed E-state index contributed by atoms with van der Waals surface area (Å²) in [5.74, 6) is 1.55. The van der Waals surface area contributed by atoms with Crippen LogP contribution in [0.15, 0.2) is 0 Å². The van der Waals surface area contributed by atoms with Crippen LogP contribution in [-0.4, -0.2) is 35.2 Å². The zero-order valence-electron chi connectivity index (χ0n) is 15.2. The number of rotatable bonds is 3. The quantitative estimate of drug-likeness (QED) is 0.838. The molecule has 0 bridgehead atoms. The first-order valence-corrected chi connectivity index (χ1v) is 9.07. The Morgan fingerprint density at radius 1 is 1.00 bits per heavy atom. The molecule has 1 heterocycles. The lowest BCUT2D eigenvalue weighted by molar-refractivity contribution is -0.0155. The molecular formula is C19H37NO. The standard InChI is InChI=1S/C19H37NO/c1-7-19(5,6)14-8-9-17(21)16(12-14)20-11-10-15(13-20)18(2,3)4/h14-17,21H,7-13H2,1-6H3. The largest absolute Gasteiger partial charge is 0.391 e. The highest BCUT2D eigenvalue weighted by atomic mass is 16.3. The van der Waals surface area contributed by atoms with Crippen molar-refractivity contribution in [3.63, 3.8) is 0 Å². The predicted molar refractivity (Wildman–Crippen MR) is 90.3 cm³/mol. The van der Waals surface area contributed by atoms with Crippen LogP contribution in [0.1, 0.15) is 73.6 Å². The SMILES string of the molecule is CCC(C)(C)C1CCC(O)C(N2CCC(C(C)(C)C)C2)C1. The maximum absolute atomic E-state index is 10.5. The van der Waals surface area contributed by atoms with E-state index in [-0.39, 0.29) is 6.10 Å². The second-order valence-electron chi connectivity index (χ2n) is 9.33. The lowest BCUT2D eigenvalue weighted by Crippen LogP contribution is -2.48. The molecule has 0 radical (unpaired) electrons. The Morgan fingerprint density at radius 2 is 1.67 bits per heavy atom. The normalized spacial score (nSPS) is 36.1. The van der Waals surface area contributed by atoms with Crippen LogP contribution in [0.25, 0.3) is 0 Å². The van der Waals surface area contributed by atoms with E-state index in [0.29, 0.717) is 16.9 Å². The van der Waals surface area contributed by atoms with E-state index in [1.807, 2.05) is 0 Å². The number of aliphatic hydroxyl groups is 1. The Kier molecular flexibility index (Phi) is 5.10. The minimum absolute atomic E-state index is 0.104. The van der Waals surface area contributed by atoms with Crippen LogP contribution in [0.4, 0.5) is 0 Å². The van der Waals surface area contributed by atoms with Crippen molar-refractivity contribution >= 4 is 0 Å². The molecule has 0 aromatic heterocycles. The maximum Gasteiger partial charge on any atom is 0.0695 e. The summed E-state index contributed by atoms with van der Waals surface area (Å²) in [5, 5.41) is 10.5. The van der Waals surface area contributed by atoms with Gasteiger partial charge in [-0.2, -0.15) is 0 Å². The van der Waals surface area contributed by atoms with Crippen molar-refractivity contribution in [2.45, 2.75) is 85.8 Å². The molecule has 2 rings (SSSR count). The number of hydrogen-bond acceptors (Lipinski definition) is 2. The molecule has 1 N–H and O–H groups in total. The summed E-state index contributed by atoms with van der Waals surface area (Å²) in [6.07, 6.45) is 5.83. The van der Waals surface area contributed by atoms with E-state index in [9.17, 15) is 5.11 Å². The summed E-state index contributed by atoms with van der Waals surface area (Å²) in [6.45, 7) is 16.6. The molecule has 2 nitrogen and oxygen atoms in total. The van der Waals surface area contributed by atoms with Gasteiger partial charge in [-0.15, -0.1) is 0 Å². The third-order valence-electron chi connectivity index (χ3n) is 6.71. The Balaban J connectivity index is 2.02. The Labute approximate surface area is 132 Å². The summed E-state index contributed by atoms with van der Waals surface area (Å²) in [6, 6.07) is 0.405. The van der Waals surface area contributed by atoms with Crippen LogP contribution in [0.3, 0.4) is 0 Å². The molecule has 2 fully saturated rings. The minimum atomic E-state index is -0.104. The second kappa shape index (κ2) is 6.20. The fraction of sp³-hybridized carbons (Fsp3) is 1.00. The third-order valence-corrected chi connectivity index (χ3v) is 6.71. The first-order valence-electron chi connectivity index (χ1n) is 9.07. The monoisotopic (exact) mass is 295 g/mol. The number of aliphatic hydroxyl groups excluding tert-OH is 1. The zero-order valence-corrected chi connectivity index (χ0v) is 15.2. The second-order valence-corrected chi connectivity index (χ2v) is 9.33. The Hall–Kier alpha value is -0.0800. The first-order chi connectivity index (χ1) is 9.65. The summed E-state index contributed by atoms with van der Waals surface area (Å²) in [7, 11) is 0. The van der Waals surface area contributed by atoms with Gasteiger partial charge in [-0.3, -0.25) is 4.90 Å². The maximum atomic E-state index is 10.5.